The Morgan fingerprint density at radius 3 is 1.97 bits per heavy atom. The van der Waals surface area contributed by atoms with Gasteiger partial charge in [-0.25, -0.2) is 4.98 Å². The van der Waals surface area contributed by atoms with E-state index in [0.717, 1.165) is 38.8 Å². The van der Waals surface area contributed by atoms with Crippen molar-refractivity contribution in [1.29, 1.82) is 0 Å². The van der Waals surface area contributed by atoms with Gasteiger partial charge in [-0.1, -0.05) is 6.07 Å². The summed E-state index contributed by atoms with van der Waals surface area (Å²) in [6.45, 7) is 6.55. The van der Waals surface area contributed by atoms with E-state index in [1.807, 2.05) is 32.9 Å². The highest BCUT2D eigenvalue weighted by Gasteiger charge is 2.22. The number of rotatable bonds is 6. The van der Waals surface area contributed by atoms with Crippen LogP contribution in [-0.2, 0) is 6.54 Å². The normalized spacial score (nSPS) is 10.8. The summed E-state index contributed by atoms with van der Waals surface area (Å²) in [6, 6.07) is 3.92. The van der Waals surface area contributed by atoms with Gasteiger partial charge in [-0.3, -0.25) is 0 Å². The maximum Gasteiger partial charge on any atom is 0.222 e. The largest absolute Gasteiger partial charge is 0.492 e. The summed E-state index contributed by atoms with van der Waals surface area (Å²) in [6.07, 6.45) is 0. The van der Waals surface area contributed by atoms with Gasteiger partial charge in [-0.2, -0.15) is 4.98 Å². The van der Waals surface area contributed by atoms with Crippen molar-refractivity contribution in [3.8, 4) is 17.2 Å². The fourth-order valence-electron chi connectivity index (χ4n) is 3.75. The predicted octanol–water partition coefficient (Wildman–Crippen LogP) is 3.36. The number of aryl methyl sites for hydroxylation is 1. The van der Waals surface area contributed by atoms with Crippen molar-refractivity contribution in [1.82, 2.24) is 9.97 Å². The molecule has 0 radical (unpaired) electrons. The molecule has 3 rings (SSSR count). The molecule has 0 aliphatic rings. The fourth-order valence-corrected chi connectivity index (χ4v) is 3.75. The van der Waals surface area contributed by atoms with Crippen LogP contribution in [0.25, 0.3) is 10.9 Å². The van der Waals surface area contributed by atoms with Crippen molar-refractivity contribution >= 4 is 28.4 Å². The molecule has 0 amide bonds. The van der Waals surface area contributed by atoms with Gasteiger partial charge in [0.25, 0.3) is 0 Å². The van der Waals surface area contributed by atoms with E-state index in [4.69, 9.17) is 25.7 Å². The van der Waals surface area contributed by atoms with E-state index in [1.165, 1.54) is 0 Å². The zero-order valence-corrected chi connectivity index (χ0v) is 17.6. The van der Waals surface area contributed by atoms with E-state index >= 15 is 0 Å². The van der Waals surface area contributed by atoms with Crippen LogP contribution in [0.1, 0.15) is 22.3 Å². The van der Waals surface area contributed by atoms with Crippen LogP contribution in [0.15, 0.2) is 12.1 Å². The second kappa shape index (κ2) is 7.90. The first-order chi connectivity index (χ1) is 13.8. The van der Waals surface area contributed by atoms with Gasteiger partial charge in [0.2, 0.25) is 11.7 Å². The molecule has 1 heterocycles. The van der Waals surface area contributed by atoms with Crippen LogP contribution >= 0.6 is 0 Å². The number of ether oxygens (including phenoxy) is 3. The minimum absolute atomic E-state index is 0.170. The molecule has 1 aromatic heterocycles. The molecular weight excluding hydrogens is 370 g/mol. The van der Waals surface area contributed by atoms with Gasteiger partial charge in [0.05, 0.1) is 26.8 Å². The van der Waals surface area contributed by atoms with Gasteiger partial charge in [0.15, 0.2) is 11.5 Å². The van der Waals surface area contributed by atoms with Crippen LogP contribution in [0.2, 0.25) is 0 Å². The first-order valence-electron chi connectivity index (χ1n) is 9.18. The number of hydrogen-bond donors (Lipinski definition) is 3. The van der Waals surface area contributed by atoms with Crippen LogP contribution in [0, 0.1) is 20.8 Å². The highest BCUT2D eigenvalue weighted by atomic mass is 16.5. The van der Waals surface area contributed by atoms with E-state index in [9.17, 15) is 0 Å². The molecule has 0 atom stereocenters. The van der Waals surface area contributed by atoms with Crippen molar-refractivity contribution in [2.75, 3.05) is 38.1 Å². The predicted molar refractivity (Wildman–Crippen MR) is 116 cm³/mol. The highest BCUT2D eigenvalue weighted by molar-refractivity contribution is 5.92. The lowest BCUT2D eigenvalue weighted by atomic mass is 10.0. The summed E-state index contributed by atoms with van der Waals surface area (Å²) in [4.78, 5) is 8.36. The Balaban J connectivity index is 2.03. The number of benzene rings is 2. The topological polar surface area (TPSA) is 118 Å². The molecule has 0 saturated heterocycles. The number of methoxy groups -OCH3 is 3. The summed E-state index contributed by atoms with van der Waals surface area (Å²) < 4.78 is 16.7. The Hall–Kier alpha value is -3.42. The Morgan fingerprint density at radius 2 is 1.41 bits per heavy atom. The molecule has 5 N–H and O–H groups in total. The van der Waals surface area contributed by atoms with Gasteiger partial charge in [-0.15, -0.1) is 0 Å². The quantitative estimate of drug-likeness (QED) is 0.579. The molecule has 0 saturated carbocycles. The lowest BCUT2D eigenvalue weighted by Crippen LogP contribution is -2.09. The molecule has 3 aromatic rings. The molecule has 2 aromatic carbocycles. The van der Waals surface area contributed by atoms with Crippen molar-refractivity contribution < 1.29 is 14.2 Å². The first-order valence-corrected chi connectivity index (χ1v) is 9.18. The lowest BCUT2D eigenvalue weighted by Gasteiger charge is -2.22. The summed E-state index contributed by atoms with van der Waals surface area (Å²) in [5.74, 6) is 2.41. The second-order valence-electron chi connectivity index (χ2n) is 6.79. The molecular formula is C21H27N5O3. The van der Waals surface area contributed by atoms with Crippen LogP contribution in [0.3, 0.4) is 0 Å². The summed E-state index contributed by atoms with van der Waals surface area (Å²) in [5.41, 5.74) is 17.4. The Morgan fingerprint density at radius 1 is 0.828 bits per heavy atom. The third-order valence-electron chi connectivity index (χ3n) is 5.19. The van der Waals surface area contributed by atoms with E-state index < -0.39 is 0 Å². The van der Waals surface area contributed by atoms with Crippen molar-refractivity contribution in [2.24, 2.45) is 0 Å². The summed E-state index contributed by atoms with van der Waals surface area (Å²) >= 11 is 0. The minimum Gasteiger partial charge on any atom is -0.492 e. The third-order valence-corrected chi connectivity index (χ3v) is 5.19. The number of nitrogens with two attached hydrogens (primary N) is 2. The van der Waals surface area contributed by atoms with Gasteiger partial charge in [-0.05, 0) is 38.0 Å². The maximum atomic E-state index is 6.09. The zero-order valence-electron chi connectivity index (χ0n) is 17.6. The minimum atomic E-state index is 0.170. The van der Waals surface area contributed by atoms with Gasteiger partial charge >= 0.3 is 0 Å². The second-order valence-corrected chi connectivity index (χ2v) is 6.79. The number of nitrogens with zero attached hydrogens (tertiary/aromatic N) is 2. The standard InChI is InChI=1S/C21H27N5O3/c1-10-13(7-8-14-15(10)20(22)26-21(23)25-14)9-24-16-11(2)17(27-4)19(29-6)18(28-5)12(16)3/h7-8,24H,9H2,1-6H3,(H4,22,23,25,26). The monoisotopic (exact) mass is 397 g/mol. The Kier molecular flexibility index (Phi) is 5.54. The molecule has 8 nitrogen and oxygen atoms in total. The molecule has 0 aliphatic carbocycles. The van der Waals surface area contributed by atoms with Crippen LogP contribution in [-0.4, -0.2) is 31.3 Å². The van der Waals surface area contributed by atoms with E-state index in [0.29, 0.717) is 29.6 Å². The number of fused-ring (bicyclic) bond motifs is 1. The molecule has 0 bridgehead atoms. The number of aromatic nitrogens is 2. The fraction of sp³-hybridized carbons (Fsp3) is 0.333. The van der Waals surface area contributed by atoms with Crippen LogP contribution in [0.4, 0.5) is 17.5 Å². The van der Waals surface area contributed by atoms with Gasteiger partial charge < -0.3 is 31.0 Å². The van der Waals surface area contributed by atoms with E-state index in [2.05, 4.69) is 15.3 Å². The number of nitrogen functional groups attached to an aromatic ring is 2. The van der Waals surface area contributed by atoms with Crippen molar-refractivity contribution in [3.05, 3.63) is 34.4 Å². The Bertz CT molecular complexity index is 1050. The van der Waals surface area contributed by atoms with E-state index in [-0.39, 0.29) is 5.95 Å². The molecule has 154 valence electrons. The van der Waals surface area contributed by atoms with Crippen LogP contribution < -0.4 is 31.0 Å². The number of hydrogen-bond acceptors (Lipinski definition) is 8. The zero-order chi connectivity index (χ0) is 21.3. The molecule has 0 fully saturated rings. The molecule has 0 spiro atoms. The van der Waals surface area contributed by atoms with Gasteiger partial charge in [0.1, 0.15) is 5.82 Å². The lowest BCUT2D eigenvalue weighted by molar-refractivity contribution is 0.322. The SMILES string of the molecule is COc1c(C)c(NCc2ccc3nc(N)nc(N)c3c2C)c(C)c(OC)c1OC. The molecule has 0 aliphatic heterocycles. The first kappa shape index (κ1) is 20.3. The van der Waals surface area contributed by atoms with Gasteiger partial charge in [0, 0.05) is 28.7 Å². The molecule has 29 heavy (non-hydrogen) atoms. The van der Waals surface area contributed by atoms with Crippen molar-refractivity contribution in [3.63, 3.8) is 0 Å². The Labute approximate surface area is 170 Å². The van der Waals surface area contributed by atoms with Crippen LogP contribution in [0.5, 0.6) is 17.2 Å². The van der Waals surface area contributed by atoms with E-state index in [1.54, 1.807) is 21.3 Å². The maximum absolute atomic E-state index is 6.09. The third kappa shape index (κ3) is 3.41. The number of anilines is 3. The molecule has 8 heteroatoms. The summed E-state index contributed by atoms with van der Waals surface area (Å²) in [5, 5.41) is 4.33. The smallest absolute Gasteiger partial charge is 0.222 e. The highest BCUT2D eigenvalue weighted by Crippen LogP contribution is 2.47. The average Bonchev–Trinajstić information content (AvgIpc) is 2.68. The average molecular weight is 397 g/mol. The van der Waals surface area contributed by atoms with Crippen molar-refractivity contribution in [2.45, 2.75) is 27.3 Å². The summed E-state index contributed by atoms with van der Waals surface area (Å²) in [7, 11) is 4.83. The number of nitrogens with one attached hydrogen (secondary N) is 1. The molecule has 0 unspecified atom stereocenters.